The van der Waals surface area contributed by atoms with E-state index in [0.29, 0.717) is 5.11 Å². The summed E-state index contributed by atoms with van der Waals surface area (Å²) in [5.41, 5.74) is 2.40. The molecular formula is C14H24N3S+. The molecule has 0 spiro atoms. The maximum absolute atomic E-state index is 5.29. The molecule has 0 amide bonds. The van der Waals surface area contributed by atoms with Crippen molar-refractivity contribution in [1.29, 1.82) is 0 Å². The molecule has 0 heterocycles. The molecule has 0 aliphatic carbocycles. The van der Waals surface area contributed by atoms with E-state index in [4.69, 9.17) is 12.2 Å². The highest BCUT2D eigenvalue weighted by Crippen LogP contribution is 2.14. The van der Waals surface area contributed by atoms with Gasteiger partial charge in [0.05, 0.1) is 20.6 Å². The van der Waals surface area contributed by atoms with Gasteiger partial charge >= 0.3 is 0 Å². The molecule has 0 radical (unpaired) electrons. The van der Waals surface area contributed by atoms with E-state index in [-0.39, 0.29) is 0 Å². The third-order valence-electron chi connectivity index (χ3n) is 2.79. The van der Waals surface area contributed by atoms with Crippen molar-refractivity contribution in [2.24, 2.45) is 0 Å². The third-order valence-corrected chi connectivity index (χ3v) is 3.03. The molecule has 0 fully saturated rings. The second-order valence-electron chi connectivity index (χ2n) is 4.70. The quantitative estimate of drug-likeness (QED) is 0.531. The van der Waals surface area contributed by atoms with Crippen LogP contribution in [0.2, 0.25) is 0 Å². The number of hydrogen-bond acceptors (Lipinski definition) is 1. The largest absolute Gasteiger partial charge is 0.362 e. The lowest BCUT2D eigenvalue weighted by molar-refractivity contribution is -0.858. The van der Waals surface area contributed by atoms with E-state index in [1.54, 1.807) is 0 Å². The number of rotatable bonds is 6. The summed E-state index contributed by atoms with van der Waals surface area (Å²) < 4.78 is 0. The summed E-state index contributed by atoms with van der Waals surface area (Å²) in [7, 11) is 4.32. The second-order valence-corrected chi connectivity index (χ2v) is 5.11. The van der Waals surface area contributed by atoms with Gasteiger partial charge in [0.15, 0.2) is 5.11 Å². The van der Waals surface area contributed by atoms with Crippen LogP contribution in [-0.4, -0.2) is 32.3 Å². The van der Waals surface area contributed by atoms with Crippen LogP contribution in [0.5, 0.6) is 0 Å². The Kier molecular flexibility index (Phi) is 6.68. The van der Waals surface area contributed by atoms with Crippen LogP contribution < -0.4 is 15.5 Å². The van der Waals surface area contributed by atoms with Crippen LogP contribution in [0.4, 0.5) is 5.69 Å². The molecule has 0 aliphatic heterocycles. The fourth-order valence-electron chi connectivity index (χ4n) is 1.76. The zero-order chi connectivity index (χ0) is 13.4. The average Bonchev–Trinajstić information content (AvgIpc) is 2.35. The number of aryl methyl sites for hydroxylation is 1. The minimum absolute atomic E-state index is 0.713. The van der Waals surface area contributed by atoms with Gasteiger partial charge in [0.2, 0.25) is 0 Å². The third kappa shape index (κ3) is 5.47. The smallest absolute Gasteiger partial charge is 0.170 e. The van der Waals surface area contributed by atoms with Crippen molar-refractivity contribution >= 4 is 23.0 Å². The van der Waals surface area contributed by atoms with Crippen molar-refractivity contribution in [3.8, 4) is 0 Å². The van der Waals surface area contributed by atoms with Crippen LogP contribution in [0.15, 0.2) is 24.3 Å². The molecule has 100 valence electrons. The van der Waals surface area contributed by atoms with E-state index in [9.17, 15) is 0 Å². The summed E-state index contributed by atoms with van der Waals surface area (Å²) in [4.78, 5) is 1.46. The first kappa shape index (κ1) is 14.9. The number of benzene rings is 1. The van der Waals surface area contributed by atoms with E-state index in [2.05, 4.69) is 49.9 Å². The Morgan fingerprint density at radius 1 is 1.28 bits per heavy atom. The van der Waals surface area contributed by atoms with E-state index in [0.717, 1.165) is 31.6 Å². The molecule has 0 bridgehead atoms. The van der Waals surface area contributed by atoms with Crippen LogP contribution >= 0.6 is 12.2 Å². The number of hydrogen-bond donors (Lipinski definition) is 3. The maximum Gasteiger partial charge on any atom is 0.170 e. The van der Waals surface area contributed by atoms with Crippen molar-refractivity contribution in [3.05, 3.63) is 29.8 Å². The molecule has 3 nitrogen and oxygen atoms in total. The molecule has 18 heavy (non-hydrogen) atoms. The van der Waals surface area contributed by atoms with Gasteiger partial charge < -0.3 is 15.5 Å². The SMILES string of the molecule is CCc1ccccc1NC(=S)NCCC[NH+](C)C. The Hall–Kier alpha value is -1.13. The number of para-hydroxylation sites is 1. The molecule has 0 unspecified atom stereocenters. The molecule has 4 heteroatoms. The Balaban J connectivity index is 2.35. The second kappa shape index (κ2) is 8.06. The highest BCUT2D eigenvalue weighted by molar-refractivity contribution is 7.80. The molecule has 0 aromatic heterocycles. The van der Waals surface area contributed by atoms with Crippen LogP contribution in [-0.2, 0) is 6.42 Å². The lowest BCUT2D eigenvalue weighted by Crippen LogP contribution is -3.05. The van der Waals surface area contributed by atoms with Crippen molar-refractivity contribution in [3.63, 3.8) is 0 Å². The summed E-state index contributed by atoms with van der Waals surface area (Å²) in [5.74, 6) is 0. The Morgan fingerprint density at radius 2 is 2.00 bits per heavy atom. The summed E-state index contributed by atoms with van der Waals surface area (Å²) in [6.45, 7) is 4.23. The fourth-order valence-corrected chi connectivity index (χ4v) is 1.97. The molecule has 1 aromatic rings. The van der Waals surface area contributed by atoms with Crippen molar-refractivity contribution in [2.75, 3.05) is 32.5 Å². The monoisotopic (exact) mass is 266 g/mol. The standard InChI is InChI=1S/C14H23N3S/c1-4-12-8-5-6-9-13(12)16-14(18)15-10-7-11-17(2)3/h5-6,8-9H,4,7,10-11H2,1-3H3,(H2,15,16,18)/p+1. The van der Waals surface area contributed by atoms with Gasteiger partial charge in [-0.2, -0.15) is 0 Å². The summed E-state index contributed by atoms with van der Waals surface area (Å²) in [5, 5.41) is 7.22. The van der Waals surface area contributed by atoms with Gasteiger partial charge in [-0.3, -0.25) is 0 Å². The lowest BCUT2D eigenvalue weighted by atomic mass is 10.1. The zero-order valence-corrected chi connectivity index (χ0v) is 12.4. The molecular weight excluding hydrogens is 242 g/mol. The predicted molar refractivity (Wildman–Crippen MR) is 82.3 cm³/mol. The first-order chi connectivity index (χ1) is 8.63. The molecule has 3 N–H and O–H groups in total. The minimum atomic E-state index is 0.713. The number of quaternary nitrogens is 1. The van der Waals surface area contributed by atoms with Crippen molar-refractivity contribution in [2.45, 2.75) is 19.8 Å². The van der Waals surface area contributed by atoms with Crippen molar-refractivity contribution < 1.29 is 4.90 Å². The highest BCUT2D eigenvalue weighted by Gasteiger charge is 2.02. The van der Waals surface area contributed by atoms with Crippen LogP contribution in [0.3, 0.4) is 0 Å². The highest BCUT2D eigenvalue weighted by atomic mass is 32.1. The minimum Gasteiger partial charge on any atom is -0.362 e. The Bertz CT molecular complexity index is 377. The number of nitrogens with one attached hydrogen (secondary N) is 3. The first-order valence-electron chi connectivity index (χ1n) is 6.55. The van der Waals surface area contributed by atoms with Crippen molar-refractivity contribution in [1.82, 2.24) is 5.32 Å². The van der Waals surface area contributed by atoms with Gasteiger partial charge in [-0.05, 0) is 30.3 Å². The van der Waals surface area contributed by atoms with Gasteiger partial charge in [0.1, 0.15) is 0 Å². The topological polar surface area (TPSA) is 28.5 Å². The van der Waals surface area contributed by atoms with Gasteiger partial charge in [-0.1, -0.05) is 25.1 Å². The van der Waals surface area contributed by atoms with E-state index in [1.165, 1.54) is 10.5 Å². The number of anilines is 1. The summed E-state index contributed by atoms with van der Waals surface area (Å²) >= 11 is 5.29. The maximum atomic E-state index is 5.29. The first-order valence-corrected chi connectivity index (χ1v) is 6.96. The van der Waals surface area contributed by atoms with Gasteiger partial charge in [-0.15, -0.1) is 0 Å². The van der Waals surface area contributed by atoms with E-state index >= 15 is 0 Å². The van der Waals surface area contributed by atoms with Crippen LogP contribution in [0.25, 0.3) is 0 Å². The predicted octanol–water partition coefficient (Wildman–Crippen LogP) is 1.07. The fraction of sp³-hybridized carbons (Fsp3) is 0.500. The van der Waals surface area contributed by atoms with E-state index < -0.39 is 0 Å². The number of thiocarbonyl (C=S) groups is 1. The molecule has 0 saturated heterocycles. The van der Waals surface area contributed by atoms with Gasteiger partial charge in [0, 0.05) is 18.7 Å². The molecule has 1 aromatic carbocycles. The summed E-state index contributed by atoms with van der Waals surface area (Å²) in [6.07, 6.45) is 2.13. The normalized spacial score (nSPS) is 10.4. The van der Waals surface area contributed by atoms with E-state index in [1.807, 2.05) is 6.07 Å². The Morgan fingerprint density at radius 3 is 2.67 bits per heavy atom. The van der Waals surface area contributed by atoms with Crippen LogP contribution in [0.1, 0.15) is 18.9 Å². The zero-order valence-electron chi connectivity index (χ0n) is 11.5. The summed E-state index contributed by atoms with van der Waals surface area (Å²) in [6, 6.07) is 8.27. The van der Waals surface area contributed by atoms with Crippen LogP contribution in [0, 0.1) is 0 Å². The van der Waals surface area contributed by atoms with Gasteiger partial charge in [-0.25, -0.2) is 0 Å². The molecule has 0 atom stereocenters. The Labute approximate surface area is 116 Å². The average molecular weight is 266 g/mol. The molecule has 0 saturated carbocycles. The lowest BCUT2D eigenvalue weighted by Gasteiger charge is -2.13. The molecule has 0 aliphatic rings. The van der Waals surface area contributed by atoms with Gasteiger partial charge in [0.25, 0.3) is 0 Å². The molecule has 1 rings (SSSR count).